The number of rotatable bonds is 6. The van der Waals surface area contributed by atoms with Gasteiger partial charge in [-0.15, -0.1) is 5.10 Å². The lowest BCUT2D eigenvalue weighted by Crippen LogP contribution is -2.46. The molecule has 1 saturated carbocycles. The first-order valence-electron chi connectivity index (χ1n) is 9.85. The Labute approximate surface area is 184 Å². The molecule has 0 aliphatic heterocycles. The zero-order chi connectivity index (χ0) is 20.9. The van der Waals surface area contributed by atoms with Crippen LogP contribution in [0, 0.1) is 0 Å². The maximum Gasteiger partial charge on any atom is 0.280 e. The standard InChI is InChI=1S/C22H21ClN4O2S/c23-16-12-10-15(11-13-16)20(21(28)24-17-6-4-5-7-17)27(18-8-2-1-3-9-18)22(29)19-14-30-26-25-19/h1-3,8-14,17,20H,4-7H2,(H,24,28)/t20-/m0/s1. The summed E-state index contributed by atoms with van der Waals surface area (Å²) in [6, 6.07) is 15.4. The van der Waals surface area contributed by atoms with E-state index in [2.05, 4.69) is 14.9 Å². The van der Waals surface area contributed by atoms with Crippen molar-refractivity contribution < 1.29 is 9.59 Å². The topological polar surface area (TPSA) is 75.2 Å². The van der Waals surface area contributed by atoms with Crippen LogP contribution >= 0.6 is 23.1 Å². The number of para-hydroxylation sites is 1. The van der Waals surface area contributed by atoms with Crippen molar-refractivity contribution in [3.8, 4) is 0 Å². The molecule has 2 aromatic carbocycles. The summed E-state index contributed by atoms with van der Waals surface area (Å²) in [5.41, 5.74) is 1.49. The van der Waals surface area contributed by atoms with Gasteiger partial charge in [0.15, 0.2) is 5.69 Å². The molecule has 8 heteroatoms. The Kier molecular flexibility index (Phi) is 6.40. The van der Waals surface area contributed by atoms with Crippen molar-refractivity contribution in [3.05, 3.63) is 76.3 Å². The molecule has 1 aromatic heterocycles. The van der Waals surface area contributed by atoms with Crippen LogP contribution in [0.15, 0.2) is 60.0 Å². The van der Waals surface area contributed by atoms with Crippen LogP contribution in [0.2, 0.25) is 5.02 Å². The second-order valence-corrected chi connectivity index (χ2v) is 8.29. The molecule has 4 rings (SSSR count). The fourth-order valence-electron chi connectivity index (χ4n) is 3.77. The first-order chi connectivity index (χ1) is 14.6. The van der Waals surface area contributed by atoms with E-state index < -0.39 is 6.04 Å². The molecule has 1 N–H and O–H groups in total. The predicted octanol–water partition coefficient (Wildman–Crippen LogP) is 4.64. The maximum absolute atomic E-state index is 13.5. The maximum atomic E-state index is 13.5. The SMILES string of the molecule is O=C(NC1CCCC1)[C@H](c1ccc(Cl)cc1)N(C(=O)c1csnn1)c1ccccc1. The van der Waals surface area contributed by atoms with Crippen LogP contribution < -0.4 is 10.2 Å². The second-order valence-electron chi connectivity index (χ2n) is 7.24. The van der Waals surface area contributed by atoms with Crippen molar-refractivity contribution in [1.82, 2.24) is 14.9 Å². The average molecular weight is 441 g/mol. The molecule has 1 aliphatic carbocycles. The molecule has 1 aliphatic rings. The Morgan fingerprint density at radius 3 is 2.40 bits per heavy atom. The molecule has 0 bridgehead atoms. The molecule has 3 aromatic rings. The summed E-state index contributed by atoms with van der Waals surface area (Å²) in [4.78, 5) is 28.4. The summed E-state index contributed by atoms with van der Waals surface area (Å²) in [6.07, 6.45) is 4.10. The second kappa shape index (κ2) is 9.36. The molecular formula is C22H21ClN4O2S. The highest BCUT2D eigenvalue weighted by molar-refractivity contribution is 7.03. The van der Waals surface area contributed by atoms with Crippen LogP contribution in [0.5, 0.6) is 0 Å². The van der Waals surface area contributed by atoms with Crippen molar-refractivity contribution in [2.45, 2.75) is 37.8 Å². The van der Waals surface area contributed by atoms with E-state index in [1.165, 1.54) is 4.90 Å². The average Bonchev–Trinajstić information content (AvgIpc) is 3.47. The van der Waals surface area contributed by atoms with Gasteiger partial charge < -0.3 is 5.32 Å². The van der Waals surface area contributed by atoms with Crippen molar-refractivity contribution in [3.63, 3.8) is 0 Å². The van der Waals surface area contributed by atoms with Gasteiger partial charge in [0.25, 0.3) is 5.91 Å². The molecule has 0 saturated heterocycles. The minimum atomic E-state index is -0.862. The Bertz CT molecular complexity index is 990. The first-order valence-corrected chi connectivity index (χ1v) is 11.1. The number of carbonyl (C=O) groups is 2. The number of amides is 2. The number of benzene rings is 2. The van der Waals surface area contributed by atoms with Crippen LogP contribution in [0.4, 0.5) is 5.69 Å². The molecule has 30 heavy (non-hydrogen) atoms. The van der Waals surface area contributed by atoms with Crippen LogP contribution in [0.3, 0.4) is 0 Å². The molecule has 6 nitrogen and oxygen atoms in total. The molecule has 1 heterocycles. The molecule has 1 fully saturated rings. The minimum Gasteiger partial charge on any atom is -0.351 e. The summed E-state index contributed by atoms with van der Waals surface area (Å²) in [7, 11) is 0. The predicted molar refractivity (Wildman–Crippen MR) is 118 cm³/mol. The number of carbonyl (C=O) groups excluding carboxylic acids is 2. The van der Waals surface area contributed by atoms with Crippen LogP contribution in [-0.2, 0) is 4.79 Å². The van der Waals surface area contributed by atoms with Gasteiger partial charge in [-0.2, -0.15) is 0 Å². The van der Waals surface area contributed by atoms with E-state index >= 15 is 0 Å². The number of anilines is 1. The van der Waals surface area contributed by atoms with Gasteiger partial charge in [-0.05, 0) is 54.2 Å². The Balaban J connectivity index is 1.78. The van der Waals surface area contributed by atoms with E-state index in [9.17, 15) is 9.59 Å². The number of hydrogen-bond acceptors (Lipinski definition) is 5. The third kappa shape index (κ3) is 4.52. The van der Waals surface area contributed by atoms with Crippen LogP contribution in [0.25, 0.3) is 0 Å². The van der Waals surface area contributed by atoms with Gasteiger partial charge in [0, 0.05) is 22.1 Å². The highest BCUT2D eigenvalue weighted by atomic mass is 35.5. The molecule has 154 valence electrons. The van der Waals surface area contributed by atoms with Gasteiger partial charge in [0.05, 0.1) is 0 Å². The van der Waals surface area contributed by atoms with Crippen LogP contribution in [-0.4, -0.2) is 27.4 Å². The summed E-state index contributed by atoms with van der Waals surface area (Å²) < 4.78 is 3.82. The van der Waals surface area contributed by atoms with Gasteiger partial charge >= 0.3 is 0 Å². The van der Waals surface area contributed by atoms with E-state index in [4.69, 9.17) is 11.6 Å². The van der Waals surface area contributed by atoms with Crippen molar-refractivity contribution in [2.24, 2.45) is 0 Å². The largest absolute Gasteiger partial charge is 0.351 e. The van der Waals surface area contributed by atoms with Gasteiger partial charge in [0.1, 0.15) is 6.04 Å². The highest BCUT2D eigenvalue weighted by Gasteiger charge is 2.35. The Morgan fingerprint density at radius 2 is 1.77 bits per heavy atom. The molecular weight excluding hydrogens is 420 g/mol. The van der Waals surface area contributed by atoms with Crippen molar-refractivity contribution >= 4 is 40.6 Å². The number of aromatic nitrogens is 2. The summed E-state index contributed by atoms with van der Waals surface area (Å²) >= 11 is 7.17. The lowest BCUT2D eigenvalue weighted by molar-refractivity contribution is -0.123. The number of nitrogens with zero attached hydrogens (tertiary/aromatic N) is 3. The summed E-state index contributed by atoms with van der Waals surface area (Å²) in [6.45, 7) is 0. The van der Waals surface area contributed by atoms with Crippen molar-refractivity contribution in [2.75, 3.05) is 4.90 Å². The zero-order valence-corrected chi connectivity index (χ0v) is 17.8. The minimum absolute atomic E-state index is 0.126. The quantitative estimate of drug-likeness (QED) is 0.606. The van der Waals surface area contributed by atoms with E-state index in [1.807, 2.05) is 30.3 Å². The van der Waals surface area contributed by atoms with E-state index in [-0.39, 0.29) is 23.6 Å². The lowest BCUT2D eigenvalue weighted by atomic mass is 10.0. The summed E-state index contributed by atoms with van der Waals surface area (Å²) in [5, 5.41) is 9.24. The van der Waals surface area contributed by atoms with Crippen molar-refractivity contribution in [1.29, 1.82) is 0 Å². The third-order valence-electron chi connectivity index (χ3n) is 5.23. The monoisotopic (exact) mass is 440 g/mol. The van der Waals surface area contributed by atoms with E-state index in [1.54, 1.807) is 29.6 Å². The van der Waals surface area contributed by atoms with Gasteiger partial charge in [-0.3, -0.25) is 14.5 Å². The normalized spacial score (nSPS) is 15.0. The van der Waals surface area contributed by atoms with Crippen LogP contribution in [0.1, 0.15) is 47.8 Å². The molecule has 0 radical (unpaired) electrons. The number of halogens is 1. The molecule has 2 amide bonds. The van der Waals surface area contributed by atoms with E-state index in [0.717, 1.165) is 37.2 Å². The Morgan fingerprint density at radius 1 is 1.07 bits per heavy atom. The van der Waals surface area contributed by atoms with Gasteiger partial charge in [0.2, 0.25) is 5.91 Å². The van der Waals surface area contributed by atoms with Gasteiger partial charge in [-0.1, -0.05) is 59.3 Å². The van der Waals surface area contributed by atoms with E-state index in [0.29, 0.717) is 16.3 Å². The zero-order valence-electron chi connectivity index (χ0n) is 16.2. The fraction of sp³-hybridized carbons (Fsp3) is 0.273. The first kappa shape index (κ1) is 20.5. The lowest BCUT2D eigenvalue weighted by Gasteiger charge is -2.31. The summed E-state index contributed by atoms with van der Waals surface area (Å²) in [5.74, 6) is -0.596. The third-order valence-corrected chi connectivity index (χ3v) is 5.98. The number of nitrogens with one attached hydrogen (secondary N) is 1. The fourth-order valence-corrected chi connectivity index (χ4v) is 4.32. The molecule has 0 spiro atoms. The Hall–Kier alpha value is -2.77. The number of hydrogen-bond donors (Lipinski definition) is 1. The smallest absolute Gasteiger partial charge is 0.280 e. The highest BCUT2D eigenvalue weighted by Crippen LogP contribution is 2.31. The molecule has 0 unspecified atom stereocenters. The molecule has 1 atom stereocenters. The van der Waals surface area contributed by atoms with Gasteiger partial charge in [-0.25, -0.2) is 0 Å².